The molecule has 0 spiro atoms. The van der Waals surface area contributed by atoms with Gasteiger partial charge in [-0.05, 0) is 48.6 Å². The number of rotatable bonds is 4. The van der Waals surface area contributed by atoms with E-state index in [4.69, 9.17) is 4.42 Å². The molecule has 24 heavy (non-hydrogen) atoms. The lowest BCUT2D eigenvalue weighted by molar-refractivity contribution is -0.125. The van der Waals surface area contributed by atoms with Crippen molar-refractivity contribution in [3.05, 3.63) is 48.4 Å². The van der Waals surface area contributed by atoms with E-state index in [2.05, 4.69) is 26.7 Å². The van der Waals surface area contributed by atoms with Crippen LogP contribution >= 0.6 is 11.5 Å². The molecule has 4 rings (SSSR count). The molecule has 124 valence electrons. The second-order valence-corrected chi connectivity index (χ2v) is 6.82. The first-order valence-corrected chi connectivity index (χ1v) is 8.98. The molecule has 1 saturated heterocycles. The first-order valence-electron chi connectivity index (χ1n) is 8.21. The fraction of sp³-hybridized carbons (Fsp3) is 0.333. The van der Waals surface area contributed by atoms with Gasteiger partial charge in [0.15, 0.2) is 0 Å². The molecule has 1 aromatic carbocycles. The van der Waals surface area contributed by atoms with Crippen molar-refractivity contribution in [1.82, 2.24) is 9.69 Å². The molecule has 0 aliphatic carbocycles. The van der Waals surface area contributed by atoms with E-state index < -0.39 is 0 Å². The maximum Gasteiger partial charge on any atom is 0.223 e. The van der Waals surface area contributed by atoms with Gasteiger partial charge in [0.2, 0.25) is 5.91 Å². The first kappa shape index (κ1) is 15.2. The third-order valence-electron chi connectivity index (χ3n) is 4.53. The van der Waals surface area contributed by atoms with Crippen LogP contribution in [-0.4, -0.2) is 23.4 Å². The Bertz CT molecular complexity index is 820. The zero-order valence-electron chi connectivity index (χ0n) is 13.3. The largest absolute Gasteiger partial charge is 0.467 e. The molecule has 1 aliphatic rings. The monoisotopic (exact) mass is 341 g/mol. The molecule has 0 unspecified atom stereocenters. The molecule has 1 amide bonds. The maximum absolute atomic E-state index is 12.3. The summed E-state index contributed by atoms with van der Waals surface area (Å²) in [6.07, 6.45) is 3.37. The standard InChI is InChI=1S/C18H19N3O2S/c22-17(19-12-14-4-3-11-23-14)13-7-9-21(10-8-13)18-15-5-1-2-6-16(15)20-24-18/h1-6,11,13H,7-10,12H2,(H,19,22). The number of anilines is 1. The van der Waals surface area contributed by atoms with Gasteiger partial charge in [-0.2, -0.15) is 4.37 Å². The number of carbonyl (C=O) groups is 1. The fourth-order valence-corrected chi connectivity index (χ4v) is 4.09. The molecule has 2 aromatic heterocycles. The minimum Gasteiger partial charge on any atom is -0.467 e. The van der Waals surface area contributed by atoms with Crippen molar-refractivity contribution in [3.63, 3.8) is 0 Å². The van der Waals surface area contributed by atoms with Gasteiger partial charge in [0, 0.05) is 24.4 Å². The SMILES string of the molecule is O=C(NCc1ccco1)C1CCN(c2snc3ccccc23)CC1. The van der Waals surface area contributed by atoms with Gasteiger partial charge in [0.25, 0.3) is 0 Å². The molecule has 0 radical (unpaired) electrons. The van der Waals surface area contributed by atoms with Gasteiger partial charge in [-0.15, -0.1) is 0 Å². The van der Waals surface area contributed by atoms with E-state index in [0.717, 1.165) is 37.2 Å². The number of aromatic nitrogens is 1. The number of hydrogen-bond donors (Lipinski definition) is 1. The summed E-state index contributed by atoms with van der Waals surface area (Å²) < 4.78 is 9.77. The number of nitrogens with one attached hydrogen (secondary N) is 1. The molecule has 1 N–H and O–H groups in total. The van der Waals surface area contributed by atoms with Crippen molar-refractivity contribution >= 4 is 33.3 Å². The van der Waals surface area contributed by atoms with Crippen molar-refractivity contribution in [2.24, 2.45) is 5.92 Å². The van der Waals surface area contributed by atoms with Crippen LogP contribution in [0.4, 0.5) is 5.00 Å². The summed E-state index contributed by atoms with van der Waals surface area (Å²) in [6, 6.07) is 11.9. The first-order chi connectivity index (χ1) is 11.8. The molecule has 3 heterocycles. The van der Waals surface area contributed by atoms with Crippen LogP contribution in [0.5, 0.6) is 0 Å². The Hall–Kier alpha value is -2.34. The Balaban J connectivity index is 1.35. The van der Waals surface area contributed by atoms with Crippen LogP contribution in [0.2, 0.25) is 0 Å². The van der Waals surface area contributed by atoms with Crippen LogP contribution in [0.1, 0.15) is 18.6 Å². The highest BCUT2D eigenvalue weighted by Crippen LogP contribution is 2.33. The number of fused-ring (bicyclic) bond motifs is 1. The van der Waals surface area contributed by atoms with E-state index in [1.165, 1.54) is 10.4 Å². The van der Waals surface area contributed by atoms with Crippen LogP contribution in [0.3, 0.4) is 0 Å². The third kappa shape index (κ3) is 3.01. The van der Waals surface area contributed by atoms with Crippen LogP contribution in [0, 0.1) is 5.92 Å². The molecular weight excluding hydrogens is 322 g/mol. The Morgan fingerprint density at radius 3 is 2.88 bits per heavy atom. The van der Waals surface area contributed by atoms with Crippen LogP contribution in [0.15, 0.2) is 47.1 Å². The smallest absolute Gasteiger partial charge is 0.223 e. The molecule has 5 nitrogen and oxygen atoms in total. The zero-order chi connectivity index (χ0) is 16.4. The molecule has 0 saturated carbocycles. The van der Waals surface area contributed by atoms with Crippen LogP contribution in [-0.2, 0) is 11.3 Å². The van der Waals surface area contributed by atoms with Crippen molar-refractivity contribution in [2.75, 3.05) is 18.0 Å². The highest BCUT2D eigenvalue weighted by Gasteiger charge is 2.26. The third-order valence-corrected chi connectivity index (χ3v) is 5.47. The van der Waals surface area contributed by atoms with Gasteiger partial charge in [0.1, 0.15) is 10.8 Å². The number of nitrogens with zero attached hydrogens (tertiary/aromatic N) is 2. The fourth-order valence-electron chi connectivity index (χ4n) is 3.18. The number of piperidine rings is 1. The summed E-state index contributed by atoms with van der Waals surface area (Å²) in [5.74, 6) is 0.993. The summed E-state index contributed by atoms with van der Waals surface area (Å²) >= 11 is 1.55. The van der Waals surface area contributed by atoms with Crippen molar-refractivity contribution < 1.29 is 9.21 Å². The summed E-state index contributed by atoms with van der Waals surface area (Å²) in [5, 5.41) is 5.41. The quantitative estimate of drug-likeness (QED) is 0.790. The highest BCUT2D eigenvalue weighted by atomic mass is 32.1. The zero-order valence-corrected chi connectivity index (χ0v) is 14.1. The van der Waals surface area contributed by atoms with E-state index in [9.17, 15) is 4.79 Å². The van der Waals surface area contributed by atoms with Crippen molar-refractivity contribution in [3.8, 4) is 0 Å². The molecule has 0 bridgehead atoms. The van der Waals surface area contributed by atoms with Gasteiger partial charge in [-0.3, -0.25) is 4.79 Å². The van der Waals surface area contributed by atoms with Gasteiger partial charge >= 0.3 is 0 Å². The minimum atomic E-state index is 0.0791. The Labute approximate surface area is 144 Å². The lowest BCUT2D eigenvalue weighted by Crippen LogP contribution is -2.40. The molecule has 6 heteroatoms. The lowest BCUT2D eigenvalue weighted by Gasteiger charge is -2.31. The minimum absolute atomic E-state index is 0.0791. The highest BCUT2D eigenvalue weighted by molar-refractivity contribution is 7.11. The average molecular weight is 341 g/mol. The predicted molar refractivity (Wildman–Crippen MR) is 95.1 cm³/mol. The number of furan rings is 1. The lowest BCUT2D eigenvalue weighted by atomic mass is 9.96. The summed E-state index contributed by atoms with van der Waals surface area (Å²) in [4.78, 5) is 14.7. The van der Waals surface area contributed by atoms with Crippen molar-refractivity contribution in [2.45, 2.75) is 19.4 Å². The second kappa shape index (κ2) is 6.65. The van der Waals surface area contributed by atoms with E-state index in [1.54, 1.807) is 17.8 Å². The molecule has 1 aliphatic heterocycles. The van der Waals surface area contributed by atoms with Gasteiger partial charge in [-0.25, -0.2) is 0 Å². The summed E-state index contributed by atoms with van der Waals surface area (Å²) in [5.41, 5.74) is 1.05. The summed E-state index contributed by atoms with van der Waals surface area (Å²) in [7, 11) is 0. The Morgan fingerprint density at radius 1 is 1.25 bits per heavy atom. The molecule has 3 aromatic rings. The van der Waals surface area contributed by atoms with E-state index in [-0.39, 0.29) is 11.8 Å². The summed E-state index contributed by atoms with van der Waals surface area (Å²) in [6.45, 7) is 2.25. The van der Waals surface area contributed by atoms with E-state index in [0.29, 0.717) is 6.54 Å². The average Bonchev–Trinajstić information content (AvgIpc) is 3.29. The maximum atomic E-state index is 12.3. The van der Waals surface area contributed by atoms with Gasteiger partial charge in [0.05, 0.1) is 18.3 Å². The molecular formula is C18H19N3O2S. The van der Waals surface area contributed by atoms with Crippen LogP contribution in [0.25, 0.3) is 10.9 Å². The predicted octanol–water partition coefficient (Wildman–Crippen LogP) is 3.42. The number of hydrogen-bond acceptors (Lipinski definition) is 5. The van der Waals surface area contributed by atoms with E-state index >= 15 is 0 Å². The number of benzene rings is 1. The number of carbonyl (C=O) groups excluding carboxylic acids is 1. The van der Waals surface area contributed by atoms with Gasteiger partial charge in [-0.1, -0.05) is 12.1 Å². The topological polar surface area (TPSA) is 58.4 Å². The molecule has 0 atom stereocenters. The normalized spacial score (nSPS) is 15.8. The molecule has 1 fully saturated rings. The second-order valence-electron chi connectivity index (χ2n) is 6.06. The van der Waals surface area contributed by atoms with Gasteiger partial charge < -0.3 is 14.6 Å². The number of amides is 1. The Kier molecular flexibility index (Phi) is 4.21. The Morgan fingerprint density at radius 2 is 2.08 bits per heavy atom. The van der Waals surface area contributed by atoms with E-state index in [1.807, 2.05) is 24.3 Å². The van der Waals surface area contributed by atoms with Crippen LogP contribution < -0.4 is 10.2 Å². The van der Waals surface area contributed by atoms with Crippen molar-refractivity contribution in [1.29, 1.82) is 0 Å².